The minimum Gasteiger partial charge on any atom is -0.492 e. The lowest BCUT2D eigenvalue weighted by molar-refractivity contribution is -0.139. The van der Waals surface area contributed by atoms with Crippen molar-refractivity contribution in [1.29, 1.82) is 0 Å². The van der Waals surface area contributed by atoms with E-state index in [1.54, 1.807) is 0 Å². The number of benzene rings is 1. The molecule has 30 heavy (non-hydrogen) atoms. The summed E-state index contributed by atoms with van der Waals surface area (Å²) in [5, 5.41) is 0. The molecule has 2 aliphatic heterocycles. The van der Waals surface area contributed by atoms with E-state index in [4.69, 9.17) is 4.74 Å². The summed E-state index contributed by atoms with van der Waals surface area (Å²) in [6.45, 7) is 4.76. The largest absolute Gasteiger partial charge is 0.492 e. The Morgan fingerprint density at radius 1 is 0.967 bits per heavy atom. The number of rotatable bonds is 1. The molecule has 1 aromatic rings. The van der Waals surface area contributed by atoms with Gasteiger partial charge in [-0.2, -0.15) is 0 Å². The van der Waals surface area contributed by atoms with Crippen molar-refractivity contribution in [3.05, 3.63) is 29.8 Å². The number of nitrogens with zero attached hydrogens (tertiary/aromatic N) is 2. The summed E-state index contributed by atoms with van der Waals surface area (Å²) in [6, 6.07) is 8.53. The van der Waals surface area contributed by atoms with E-state index in [9.17, 15) is 4.79 Å². The van der Waals surface area contributed by atoms with Crippen LogP contribution in [0.3, 0.4) is 0 Å². The number of aryl methyl sites for hydroxylation is 1. The van der Waals surface area contributed by atoms with E-state index in [0.29, 0.717) is 17.2 Å². The molecule has 4 heteroatoms. The van der Waals surface area contributed by atoms with Crippen LogP contribution in [-0.4, -0.2) is 55.5 Å². The van der Waals surface area contributed by atoms with Crippen molar-refractivity contribution in [2.24, 2.45) is 11.3 Å². The predicted molar refractivity (Wildman–Crippen MR) is 122 cm³/mol. The van der Waals surface area contributed by atoms with Crippen LogP contribution >= 0.6 is 0 Å². The minimum absolute atomic E-state index is 0.309. The lowest BCUT2D eigenvalue weighted by Crippen LogP contribution is -2.49. The summed E-state index contributed by atoms with van der Waals surface area (Å²) >= 11 is 0. The normalized spacial score (nSPS) is 24.4. The number of amides is 1. The van der Waals surface area contributed by atoms with Crippen LogP contribution in [0.5, 0.6) is 5.75 Å². The molecule has 4 rings (SSSR count). The van der Waals surface area contributed by atoms with Gasteiger partial charge in [0.2, 0.25) is 5.91 Å². The van der Waals surface area contributed by atoms with E-state index in [2.05, 4.69) is 41.1 Å². The Bertz CT molecular complexity index is 690. The lowest BCUT2D eigenvalue weighted by atomic mass is 9.73. The average Bonchev–Trinajstić information content (AvgIpc) is 2.77. The first-order valence-electron chi connectivity index (χ1n) is 12.3. The molecule has 1 aliphatic carbocycles. The third-order valence-corrected chi connectivity index (χ3v) is 7.80. The van der Waals surface area contributed by atoms with E-state index in [-0.39, 0.29) is 0 Å². The summed E-state index contributed by atoms with van der Waals surface area (Å²) in [6.07, 6.45) is 13.2. The predicted octanol–water partition coefficient (Wildman–Crippen LogP) is 4.91. The van der Waals surface area contributed by atoms with Gasteiger partial charge in [-0.05, 0) is 69.0 Å². The maximum Gasteiger partial charge on any atom is 0.225 e. The van der Waals surface area contributed by atoms with Crippen LogP contribution in [0.1, 0.15) is 69.8 Å². The van der Waals surface area contributed by atoms with Crippen LogP contribution in [0.4, 0.5) is 0 Å². The third kappa shape index (κ3) is 5.38. The second-order valence-electron chi connectivity index (χ2n) is 10.1. The Morgan fingerprint density at radius 2 is 1.73 bits per heavy atom. The topological polar surface area (TPSA) is 32.8 Å². The zero-order valence-electron chi connectivity index (χ0n) is 18.9. The summed E-state index contributed by atoms with van der Waals surface area (Å²) in [5.41, 5.74) is 1.71. The van der Waals surface area contributed by atoms with Crippen LogP contribution in [-0.2, 0) is 11.2 Å². The van der Waals surface area contributed by atoms with Crippen LogP contribution in [0, 0.1) is 11.3 Å². The standard InChI is InChI=1S/C26H40N2O2/c1-27-19-20-30-24-13-6-5-9-22(24)10-7-8-14-26(21-27)15-17-28(18-16-26)25(29)23-11-3-2-4-12-23/h5-6,9,13,23H,2-4,7-8,10-12,14-21H2,1H3. The highest BCUT2D eigenvalue weighted by Gasteiger charge is 2.38. The highest BCUT2D eigenvalue weighted by atomic mass is 16.5. The summed E-state index contributed by atoms with van der Waals surface area (Å²) in [7, 11) is 2.24. The molecule has 0 aromatic heterocycles. The molecule has 0 unspecified atom stereocenters. The summed E-state index contributed by atoms with van der Waals surface area (Å²) < 4.78 is 6.13. The molecule has 4 nitrogen and oxygen atoms in total. The number of para-hydroxylation sites is 1. The maximum atomic E-state index is 13.0. The SMILES string of the molecule is CN1CCOc2ccccc2CCCCC2(CCN(C(=O)C3CCCCC3)CC2)C1. The van der Waals surface area contributed by atoms with E-state index >= 15 is 0 Å². The molecule has 0 radical (unpaired) electrons. The van der Waals surface area contributed by atoms with Gasteiger partial charge in [0, 0.05) is 32.1 Å². The highest BCUT2D eigenvalue weighted by molar-refractivity contribution is 5.79. The molecule has 0 atom stereocenters. The lowest BCUT2D eigenvalue weighted by Gasteiger charge is -2.45. The number of likely N-dealkylation sites (N-methyl/N-ethyl adjacent to an activating group) is 1. The molecular weight excluding hydrogens is 372 g/mol. The van der Waals surface area contributed by atoms with Gasteiger partial charge in [-0.3, -0.25) is 4.79 Å². The summed E-state index contributed by atoms with van der Waals surface area (Å²) in [4.78, 5) is 17.7. The van der Waals surface area contributed by atoms with E-state index in [1.807, 2.05) is 0 Å². The number of ether oxygens (including phenoxy) is 1. The number of carbonyl (C=O) groups is 1. The molecule has 1 aromatic carbocycles. The number of likely N-dealkylation sites (tertiary alicyclic amines) is 1. The third-order valence-electron chi connectivity index (χ3n) is 7.80. The van der Waals surface area contributed by atoms with Gasteiger partial charge >= 0.3 is 0 Å². The molecule has 2 heterocycles. The van der Waals surface area contributed by atoms with E-state index in [1.165, 1.54) is 44.1 Å². The zero-order chi connectivity index (χ0) is 20.8. The van der Waals surface area contributed by atoms with Gasteiger partial charge in [0.25, 0.3) is 0 Å². The Hall–Kier alpha value is -1.55. The Kier molecular flexibility index (Phi) is 7.35. The fourth-order valence-corrected chi connectivity index (χ4v) is 5.93. The monoisotopic (exact) mass is 412 g/mol. The zero-order valence-corrected chi connectivity index (χ0v) is 18.9. The second kappa shape index (κ2) is 10.2. The van der Waals surface area contributed by atoms with Crippen molar-refractivity contribution in [3.8, 4) is 5.75 Å². The number of piperidine rings is 1. The average molecular weight is 413 g/mol. The van der Waals surface area contributed by atoms with Crippen LogP contribution in [0.25, 0.3) is 0 Å². The van der Waals surface area contributed by atoms with Gasteiger partial charge in [-0.25, -0.2) is 0 Å². The quantitative estimate of drug-likeness (QED) is 0.657. The second-order valence-corrected chi connectivity index (χ2v) is 10.1. The number of carbonyl (C=O) groups excluding carboxylic acids is 1. The molecule has 2 fully saturated rings. The molecule has 166 valence electrons. The van der Waals surface area contributed by atoms with Crippen molar-refractivity contribution in [3.63, 3.8) is 0 Å². The minimum atomic E-state index is 0.309. The van der Waals surface area contributed by atoms with Gasteiger partial charge < -0.3 is 14.5 Å². The van der Waals surface area contributed by atoms with Crippen molar-refractivity contribution >= 4 is 5.91 Å². The van der Waals surface area contributed by atoms with Crippen molar-refractivity contribution < 1.29 is 9.53 Å². The molecule has 1 amide bonds. The summed E-state index contributed by atoms with van der Waals surface area (Å²) in [5.74, 6) is 1.83. The molecule has 0 N–H and O–H groups in total. The Balaban J connectivity index is 1.37. The number of hydrogen-bond donors (Lipinski definition) is 0. The molecule has 3 aliphatic rings. The van der Waals surface area contributed by atoms with Gasteiger partial charge in [-0.1, -0.05) is 43.9 Å². The van der Waals surface area contributed by atoms with Gasteiger partial charge in [0.1, 0.15) is 12.4 Å². The number of fused-ring (bicyclic) bond motifs is 1. The Labute approximate surface area is 183 Å². The van der Waals surface area contributed by atoms with Gasteiger partial charge in [0.05, 0.1) is 0 Å². The fraction of sp³-hybridized carbons (Fsp3) is 0.731. The van der Waals surface area contributed by atoms with Crippen molar-refractivity contribution in [2.75, 3.05) is 39.8 Å². The smallest absolute Gasteiger partial charge is 0.225 e. The number of hydrogen-bond acceptors (Lipinski definition) is 3. The highest BCUT2D eigenvalue weighted by Crippen LogP contribution is 2.39. The van der Waals surface area contributed by atoms with E-state index < -0.39 is 0 Å². The fourth-order valence-electron chi connectivity index (χ4n) is 5.93. The first-order chi connectivity index (χ1) is 14.7. The van der Waals surface area contributed by atoms with Crippen molar-refractivity contribution in [1.82, 2.24) is 9.80 Å². The van der Waals surface area contributed by atoms with Crippen molar-refractivity contribution in [2.45, 2.75) is 70.6 Å². The maximum absolute atomic E-state index is 13.0. The first kappa shape index (κ1) is 21.7. The van der Waals surface area contributed by atoms with Crippen LogP contribution in [0.15, 0.2) is 24.3 Å². The van der Waals surface area contributed by atoms with Gasteiger partial charge in [0.15, 0.2) is 0 Å². The molecule has 1 spiro atoms. The van der Waals surface area contributed by atoms with E-state index in [0.717, 1.165) is 70.6 Å². The van der Waals surface area contributed by atoms with Gasteiger partial charge in [-0.15, -0.1) is 0 Å². The van der Waals surface area contributed by atoms with Crippen LogP contribution in [0.2, 0.25) is 0 Å². The first-order valence-corrected chi connectivity index (χ1v) is 12.3. The molecule has 1 saturated carbocycles. The van der Waals surface area contributed by atoms with Crippen LogP contribution < -0.4 is 4.74 Å². The Morgan fingerprint density at radius 3 is 2.53 bits per heavy atom. The molecule has 0 bridgehead atoms. The molecular formula is C26H40N2O2. The molecule has 1 saturated heterocycles.